The van der Waals surface area contributed by atoms with Crippen LogP contribution in [-0.4, -0.2) is 16.9 Å². The van der Waals surface area contributed by atoms with E-state index in [2.05, 4.69) is 0 Å². The molecule has 5 heteroatoms. The smallest absolute Gasteiger partial charge is 0.170 e. The standard InChI is InChI=1S/CH4N2O3/c4-1-2-3(5)6/h2,4H,1H2. The summed E-state index contributed by atoms with van der Waals surface area (Å²) >= 11 is 0. The summed E-state index contributed by atoms with van der Waals surface area (Å²) in [5.41, 5.74) is 1.49. The summed E-state index contributed by atoms with van der Waals surface area (Å²) in [6.45, 7) is -0.618. The molecular formula is CH4N2O3. The number of hydrogen-bond donors (Lipinski definition) is 2. The second-order valence-corrected chi connectivity index (χ2v) is 0.573. The zero-order valence-corrected chi connectivity index (χ0v) is 2.92. The lowest BCUT2D eigenvalue weighted by Crippen LogP contribution is -2.21. The van der Waals surface area contributed by atoms with E-state index in [0.29, 0.717) is 0 Å². The molecule has 0 aliphatic rings. The fourth-order valence-corrected chi connectivity index (χ4v) is 0.0577. The van der Waals surface area contributed by atoms with Crippen molar-refractivity contribution in [1.82, 2.24) is 5.43 Å². The van der Waals surface area contributed by atoms with Crippen molar-refractivity contribution in [2.45, 2.75) is 0 Å². The van der Waals surface area contributed by atoms with Crippen LogP contribution in [0.1, 0.15) is 0 Å². The van der Waals surface area contributed by atoms with Gasteiger partial charge in [0.2, 0.25) is 0 Å². The van der Waals surface area contributed by atoms with E-state index in [1.165, 1.54) is 5.43 Å². The number of hydrazine groups is 1. The van der Waals surface area contributed by atoms with E-state index in [4.69, 9.17) is 15.2 Å². The number of nitro groups is 1. The van der Waals surface area contributed by atoms with Gasteiger partial charge < -0.3 is 5.11 Å². The number of hydrogen-bond acceptors (Lipinski definition) is 3. The molecule has 0 rings (SSSR count). The molecule has 0 aliphatic carbocycles. The van der Waals surface area contributed by atoms with Gasteiger partial charge in [0.25, 0.3) is 0 Å². The first-order chi connectivity index (χ1) is 2.77. The normalized spacial score (nSPS) is 7.50. The number of nitrogens with one attached hydrogen (secondary N) is 1. The minimum Gasteiger partial charge on any atom is -0.371 e. The molecular weight excluding hydrogens is 88.0 g/mol. The van der Waals surface area contributed by atoms with E-state index in [9.17, 15) is 0 Å². The summed E-state index contributed by atoms with van der Waals surface area (Å²) in [7, 11) is 0. The minimum absolute atomic E-state index is 0.618. The Kier molecular flexibility index (Phi) is 2.06. The number of aliphatic hydroxyl groups is 1. The van der Waals surface area contributed by atoms with Gasteiger partial charge in [0, 0.05) is 0 Å². The first kappa shape index (κ1) is 5.16. The first-order valence-electron chi connectivity index (χ1n) is 1.26. The van der Waals surface area contributed by atoms with Crippen molar-refractivity contribution in [3.05, 3.63) is 10.1 Å². The third-order valence-electron chi connectivity index (χ3n) is 0.200. The molecule has 0 fully saturated rings. The molecule has 0 atom stereocenters. The Morgan fingerprint density at radius 1 is 2.00 bits per heavy atom. The van der Waals surface area contributed by atoms with E-state index >= 15 is 0 Å². The Bertz CT molecular complexity index is 52.8. The Morgan fingerprint density at radius 2 is 2.50 bits per heavy atom. The monoisotopic (exact) mass is 92.0 g/mol. The molecule has 36 valence electrons. The van der Waals surface area contributed by atoms with E-state index in [-0.39, 0.29) is 0 Å². The summed E-state index contributed by atoms with van der Waals surface area (Å²) in [5.74, 6) is 0. The second-order valence-electron chi connectivity index (χ2n) is 0.573. The van der Waals surface area contributed by atoms with Gasteiger partial charge in [-0.25, -0.2) is 10.1 Å². The molecule has 0 aromatic carbocycles. The molecule has 2 N–H and O–H groups in total. The lowest BCUT2D eigenvalue weighted by atomic mass is 11.3. The molecule has 0 unspecified atom stereocenters. The fourth-order valence-electron chi connectivity index (χ4n) is 0.0577. The molecule has 0 heterocycles. The van der Waals surface area contributed by atoms with Crippen LogP contribution in [0.25, 0.3) is 0 Å². The average molecular weight is 92.1 g/mol. The van der Waals surface area contributed by atoms with Crippen molar-refractivity contribution >= 4 is 0 Å². The topological polar surface area (TPSA) is 75.4 Å². The third kappa shape index (κ3) is 3.16. The maximum absolute atomic E-state index is 9.13. The lowest BCUT2D eigenvalue weighted by molar-refractivity contribution is -0.550. The predicted molar refractivity (Wildman–Crippen MR) is 17.2 cm³/mol. The predicted octanol–water partition coefficient (Wildman–Crippen LogP) is -1.28. The molecule has 0 spiro atoms. The Balaban J connectivity index is 2.83. The molecule has 6 heavy (non-hydrogen) atoms. The minimum atomic E-state index is -0.819. The van der Waals surface area contributed by atoms with Gasteiger partial charge in [-0.1, -0.05) is 0 Å². The maximum atomic E-state index is 9.13. The zero-order chi connectivity index (χ0) is 4.99. The van der Waals surface area contributed by atoms with Crippen molar-refractivity contribution in [3.8, 4) is 0 Å². The van der Waals surface area contributed by atoms with Gasteiger partial charge in [-0.05, 0) is 0 Å². The van der Waals surface area contributed by atoms with Gasteiger partial charge in [-0.2, -0.15) is 0 Å². The molecule has 5 nitrogen and oxygen atoms in total. The number of nitrogens with zero attached hydrogens (tertiary/aromatic N) is 1. The Morgan fingerprint density at radius 3 is 2.50 bits per heavy atom. The van der Waals surface area contributed by atoms with E-state index < -0.39 is 11.8 Å². The van der Waals surface area contributed by atoms with Crippen LogP contribution in [0.4, 0.5) is 0 Å². The molecule has 0 bridgehead atoms. The Labute approximate surface area is 33.7 Å². The highest BCUT2D eigenvalue weighted by atomic mass is 16.7. The zero-order valence-electron chi connectivity index (χ0n) is 2.92. The summed E-state index contributed by atoms with van der Waals surface area (Å²) in [5, 5.41) is 16.0. The highest BCUT2D eigenvalue weighted by Gasteiger charge is 1.82. The lowest BCUT2D eigenvalue weighted by Gasteiger charge is -1.83. The van der Waals surface area contributed by atoms with Gasteiger partial charge in [0.15, 0.2) is 11.8 Å². The van der Waals surface area contributed by atoms with E-state index in [1.54, 1.807) is 0 Å². The van der Waals surface area contributed by atoms with E-state index in [1.807, 2.05) is 0 Å². The first-order valence-corrected chi connectivity index (χ1v) is 1.26. The van der Waals surface area contributed by atoms with Gasteiger partial charge >= 0.3 is 0 Å². The fraction of sp³-hybridized carbons (Fsp3) is 1.00. The molecule has 0 aromatic heterocycles. The van der Waals surface area contributed by atoms with Gasteiger partial charge in [-0.15, -0.1) is 5.43 Å². The van der Waals surface area contributed by atoms with Crippen molar-refractivity contribution < 1.29 is 10.1 Å². The molecule has 0 radical (unpaired) electrons. The SMILES string of the molecule is O=[N+]([O-])NCO. The van der Waals surface area contributed by atoms with E-state index in [0.717, 1.165) is 0 Å². The van der Waals surface area contributed by atoms with Crippen LogP contribution < -0.4 is 5.43 Å². The average Bonchev–Trinajstić information content (AvgIpc) is 1.35. The van der Waals surface area contributed by atoms with Crippen molar-refractivity contribution in [3.63, 3.8) is 0 Å². The highest BCUT2D eigenvalue weighted by molar-refractivity contribution is 4.00. The van der Waals surface area contributed by atoms with Crippen LogP contribution in [0, 0.1) is 10.1 Å². The van der Waals surface area contributed by atoms with Gasteiger partial charge in [-0.3, -0.25) is 0 Å². The highest BCUT2D eigenvalue weighted by Crippen LogP contribution is 1.48. The third-order valence-corrected chi connectivity index (χ3v) is 0.200. The van der Waals surface area contributed by atoms with Crippen molar-refractivity contribution in [1.29, 1.82) is 0 Å². The van der Waals surface area contributed by atoms with Crippen LogP contribution in [0.15, 0.2) is 0 Å². The summed E-state index contributed by atoms with van der Waals surface area (Å²) < 4.78 is 0. The van der Waals surface area contributed by atoms with Crippen molar-refractivity contribution in [2.24, 2.45) is 0 Å². The number of rotatable bonds is 2. The summed E-state index contributed by atoms with van der Waals surface area (Å²) in [6, 6.07) is 0. The van der Waals surface area contributed by atoms with Crippen LogP contribution in [0.3, 0.4) is 0 Å². The summed E-state index contributed by atoms with van der Waals surface area (Å²) in [6.07, 6.45) is 0. The van der Waals surface area contributed by atoms with Crippen LogP contribution in [-0.2, 0) is 0 Å². The molecule has 0 saturated heterocycles. The van der Waals surface area contributed by atoms with Crippen LogP contribution in [0.5, 0.6) is 0 Å². The molecule has 0 aromatic rings. The van der Waals surface area contributed by atoms with Crippen LogP contribution >= 0.6 is 0 Å². The molecule has 0 aliphatic heterocycles. The molecule has 0 saturated carbocycles. The largest absolute Gasteiger partial charge is 0.371 e. The van der Waals surface area contributed by atoms with Gasteiger partial charge in [0.05, 0.1) is 0 Å². The Hall–Kier alpha value is -0.840. The number of aliphatic hydroxyl groups excluding tert-OH is 1. The van der Waals surface area contributed by atoms with Crippen LogP contribution in [0.2, 0.25) is 0 Å². The van der Waals surface area contributed by atoms with Gasteiger partial charge in [0.1, 0.15) is 0 Å². The summed E-state index contributed by atoms with van der Waals surface area (Å²) in [4.78, 5) is 9.13. The second kappa shape index (κ2) is 2.40. The maximum Gasteiger partial charge on any atom is 0.170 e. The van der Waals surface area contributed by atoms with Crippen molar-refractivity contribution in [2.75, 3.05) is 6.73 Å². The quantitative estimate of drug-likeness (QED) is 0.252. The molecule has 0 amide bonds.